The third-order valence-corrected chi connectivity index (χ3v) is 8.30. The van der Waals surface area contributed by atoms with E-state index in [1.807, 2.05) is 38.1 Å². The number of urea groups is 1. The molecule has 2 heterocycles. The van der Waals surface area contributed by atoms with Crippen molar-refractivity contribution in [3.8, 4) is 11.8 Å². The second kappa shape index (κ2) is 14.0. The Hall–Kier alpha value is -2.91. The van der Waals surface area contributed by atoms with E-state index < -0.39 is 42.7 Å². The Balaban J connectivity index is 1.28. The van der Waals surface area contributed by atoms with Crippen LogP contribution in [0.15, 0.2) is 42.5 Å². The SMILES string of the molecule is CC(C)(CCCOc1ccc(Cc2cc([C@@H]3O[C@H](CO)[C@@H](O)[C@H](O)[C@H]3O)ccc2Cl)cc1)NC(=O)N1CCC[C@H]1C#N. The molecule has 2 saturated heterocycles. The average Bonchev–Trinajstić information content (AvgIpc) is 3.46. The van der Waals surface area contributed by atoms with Crippen LogP contribution in [-0.2, 0) is 11.2 Å². The van der Waals surface area contributed by atoms with Crippen molar-refractivity contribution in [3.05, 3.63) is 64.2 Å². The fourth-order valence-electron chi connectivity index (χ4n) is 5.48. The molecule has 42 heavy (non-hydrogen) atoms. The number of halogens is 1. The molecule has 0 unspecified atom stereocenters. The van der Waals surface area contributed by atoms with Gasteiger partial charge in [0.1, 0.15) is 42.3 Å². The van der Waals surface area contributed by atoms with E-state index in [-0.39, 0.29) is 12.1 Å². The van der Waals surface area contributed by atoms with E-state index in [1.54, 1.807) is 23.1 Å². The number of hydrogen-bond acceptors (Lipinski definition) is 8. The molecular formula is C31H40ClN3O7. The van der Waals surface area contributed by atoms with E-state index in [4.69, 9.17) is 21.1 Å². The van der Waals surface area contributed by atoms with Crippen LogP contribution in [-0.4, -0.2) is 87.1 Å². The van der Waals surface area contributed by atoms with Gasteiger partial charge in [0.05, 0.1) is 19.3 Å². The first kappa shape index (κ1) is 32.0. The van der Waals surface area contributed by atoms with Gasteiger partial charge in [-0.25, -0.2) is 4.79 Å². The number of likely N-dealkylation sites (tertiary alicyclic amines) is 1. The minimum Gasteiger partial charge on any atom is -0.494 e. The third-order valence-electron chi connectivity index (χ3n) is 7.93. The first-order valence-electron chi connectivity index (χ1n) is 14.3. The fraction of sp³-hybridized carbons (Fsp3) is 0.548. The summed E-state index contributed by atoms with van der Waals surface area (Å²) >= 11 is 6.46. The maximum Gasteiger partial charge on any atom is 0.318 e. The van der Waals surface area contributed by atoms with Gasteiger partial charge in [-0.2, -0.15) is 5.26 Å². The van der Waals surface area contributed by atoms with Crippen LogP contribution in [0.3, 0.4) is 0 Å². The molecule has 0 radical (unpaired) electrons. The second-order valence-corrected chi connectivity index (χ2v) is 12.1. The molecule has 0 bridgehead atoms. The number of nitrogens with one attached hydrogen (secondary N) is 1. The lowest BCUT2D eigenvalue weighted by atomic mass is 9.90. The molecule has 0 spiro atoms. The molecule has 2 aliphatic rings. The van der Waals surface area contributed by atoms with Gasteiger partial charge in [-0.3, -0.25) is 0 Å². The number of rotatable bonds is 10. The summed E-state index contributed by atoms with van der Waals surface area (Å²) in [5.74, 6) is 0.718. The van der Waals surface area contributed by atoms with E-state index >= 15 is 0 Å². The molecule has 228 valence electrons. The molecule has 4 rings (SSSR count). The molecule has 2 aliphatic heterocycles. The number of aliphatic hydroxyl groups excluding tert-OH is 4. The van der Waals surface area contributed by atoms with Crippen LogP contribution in [0.1, 0.15) is 62.3 Å². The standard InChI is InChI=1S/C31H40ClN3O7/c1-31(2,34-30(40)35-13-3-5-22(35)17-33)12-4-14-41-23-9-6-19(7-10-23)15-21-16-20(8-11-24(21)32)29-28(39)27(38)26(37)25(18-36)42-29/h6-11,16,22,25-29,36-39H,3-5,12-15,18H2,1-2H3,(H,34,40)/t22-,25+,26+,27-,28+,29-/m0/s1. The number of ether oxygens (including phenoxy) is 2. The van der Waals surface area contributed by atoms with Crippen LogP contribution in [0.5, 0.6) is 5.75 Å². The van der Waals surface area contributed by atoms with Gasteiger partial charge in [-0.1, -0.05) is 35.9 Å². The van der Waals surface area contributed by atoms with Crippen LogP contribution in [0.2, 0.25) is 5.02 Å². The van der Waals surface area contributed by atoms with E-state index in [0.717, 1.165) is 36.1 Å². The summed E-state index contributed by atoms with van der Waals surface area (Å²) in [4.78, 5) is 14.2. The Morgan fingerprint density at radius 2 is 1.90 bits per heavy atom. The van der Waals surface area contributed by atoms with Gasteiger partial charge < -0.3 is 40.1 Å². The highest BCUT2D eigenvalue weighted by atomic mass is 35.5. The zero-order chi connectivity index (χ0) is 30.4. The van der Waals surface area contributed by atoms with E-state index in [9.17, 15) is 30.5 Å². The monoisotopic (exact) mass is 601 g/mol. The summed E-state index contributed by atoms with van der Waals surface area (Å²) in [5, 5.41) is 53.1. The highest BCUT2D eigenvalue weighted by molar-refractivity contribution is 6.31. The predicted molar refractivity (Wildman–Crippen MR) is 156 cm³/mol. The topological polar surface area (TPSA) is 156 Å². The number of carbonyl (C=O) groups excluding carboxylic acids is 1. The molecule has 0 aromatic heterocycles. The smallest absolute Gasteiger partial charge is 0.318 e. The van der Waals surface area contributed by atoms with Crippen molar-refractivity contribution < 1.29 is 34.7 Å². The Morgan fingerprint density at radius 3 is 2.60 bits per heavy atom. The maximum absolute atomic E-state index is 12.6. The molecule has 6 atom stereocenters. The van der Waals surface area contributed by atoms with Crippen LogP contribution < -0.4 is 10.1 Å². The lowest BCUT2D eigenvalue weighted by Gasteiger charge is -2.40. The van der Waals surface area contributed by atoms with Crippen LogP contribution in [0.25, 0.3) is 0 Å². The van der Waals surface area contributed by atoms with Gasteiger partial charge in [-0.15, -0.1) is 0 Å². The Morgan fingerprint density at radius 1 is 1.17 bits per heavy atom. The second-order valence-electron chi connectivity index (χ2n) is 11.7. The number of amides is 2. The van der Waals surface area contributed by atoms with Crippen molar-refractivity contribution in [1.82, 2.24) is 10.2 Å². The summed E-state index contributed by atoms with van der Waals surface area (Å²) in [6, 6.07) is 14.5. The molecule has 5 N–H and O–H groups in total. The summed E-state index contributed by atoms with van der Waals surface area (Å²) in [6.07, 6.45) is -2.64. The highest BCUT2D eigenvalue weighted by Crippen LogP contribution is 2.34. The molecule has 2 aromatic carbocycles. The Bertz CT molecular complexity index is 1250. The largest absolute Gasteiger partial charge is 0.494 e. The van der Waals surface area contributed by atoms with Crippen molar-refractivity contribution >= 4 is 17.6 Å². The van der Waals surface area contributed by atoms with Gasteiger partial charge >= 0.3 is 6.03 Å². The normalized spacial score (nSPS) is 26.1. The lowest BCUT2D eigenvalue weighted by molar-refractivity contribution is -0.231. The van der Waals surface area contributed by atoms with Gasteiger partial charge in [-0.05, 0) is 80.8 Å². The minimum atomic E-state index is -1.45. The average molecular weight is 602 g/mol. The van der Waals surface area contributed by atoms with Gasteiger partial charge in [0.25, 0.3) is 0 Å². The third kappa shape index (κ3) is 7.72. The van der Waals surface area contributed by atoms with E-state index in [0.29, 0.717) is 36.6 Å². The van der Waals surface area contributed by atoms with Crippen molar-refractivity contribution in [2.45, 2.75) is 88.1 Å². The number of nitriles is 1. The molecule has 2 fully saturated rings. The molecule has 2 aromatic rings. The van der Waals surface area contributed by atoms with Gasteiger partial charge in [0.15, 0.2) is 0 Å². The van der Waals surface area contributed by atoms with Crippen molar-refractivity contribution in [3.63, 3.8) is 0 Å². The van der Waals surface area contributed by atoms with Crippen LogP contribution in [0, 0.1) is 11.3 Å². The molecule has 11 heteroatoms. The van der Waals surface area contributed by atoms with Gasteiger partial charge in [0.2, 0.25) is 0 Å². The minimum absolute atomic E-state index is 0.195. The van der Waals surface area contributed by atoms with Crippen molar-refractivity contribution in [2.24, 2.45) is 0 Å². The quantitative estimate of drug-likeness (QED) is 0.260. The van der Waals surface area contributed by atoms with Crippen LogP contribution >= 0.6 is 11.6 Å². The summed E-state index contributed by atoms with van der Waals surface area (Å²) in [6.45, 7) is 4.53. The molecule has 10 nitrogen and oxygen atoms in total. The molecule has 0 saturated carbocycles. The summed E-state index contributed by atoms with van der Waals surface area (Å²) in [5.41, 5.74) is 1.92. The number of carbonyl (C=O) groups is 1. The Kier molecular flexibility index (Phi) is 10.7. The molecule has 2 amide bonds. The zero-order valence-electron chi connectivity index (χ0n) is 23.9. The Labute approximate surface area is 251 Å². The van der Waals surface area contributed by atoms with Crippen molar-refractivity contribution in [2.75, 3.05) is 19.8 Å². The number of hydrogen-bond donors (Lipinski definition) is 5. The zero-order valence-corrected chi connectivity index (χ0v) is 24.7. The maximum atomic E-state index is 12.6. The molecule has 0 aliphatic carbocycles. The van der Waals surface area contributed by atoms with E-state index in [1.165, 1.54) is 0 Å². The predicted octanol–water partition coefficient (Wildman–Crippen LogP) is 3.08. The lowest BCUT2D eigenvalue weighted by Crippen LogP contribution is -2.55. The van der Waals surface area contributed by atoms with E-state index in [2.05, 4.69) is 11.4 Å². The molecular weight excluding hydrogens is 562 g/mol. The summed E-state index contributed by atoms with van der Waals surface area (Å²) in [7, 11) is 0. The first-order chi connectivity index (χ1) is 20.0. The van der Waals surface area contributed by atoms with Gasteiger partial charge in [0, 0.05) is 17.1 Å². The first-order valence-corrected chi connectivity index (χ1v) is 14.7. The highest BCUT2D eigenvalue weighted by Gasteiger charge is 2.44. The summed E-state index contributed by atoms with van der Waals surface area (Å²) < 4.78 is 11.6. The number of benzene rings is 2. The van der Waals surface area contributed by atoms with Crippen LogP contribution in [0.4, 0.5) is 4.79 Å². The number of aliphatic hydroxyl groups is 4. The number of nitrogens with zero attached hydrogens (tertiary/aromatic N) is 2. The fourth-order valence-corrected chi connectivity index (χ4v) is 5.66. The van der Waals surface area contributed by atoms with Crippen molar-refractivity contribution in [1.29, 1.82) is 5.26 Å².